The number of alkyl halides is 3. The van der Waals surface area contributed by atoms with Crippen LogP contribution >= 0.6 is 0 Å². The molecule has 2 aromatic rings. The molecular weight excluding hydrogens is 615 g/mol. The van der Waals surface area contributed by atoms with Crippen LogP contribution in [-0.2, 0) is 18.7 Å². The zero-order chi connectivity index (χ0) is 33.4. The first-order valence-corrected chi connectivity index (χ1v) is 16.7. The average molecular weight is 650 g/mol. The first-order valence-electron chi connectivity index (χ1n) is 13.8. The number of benzene rings is 1. The predicted octanol–water partition coefficient (Wildman–Crippen LogP) is 4.49. The highest BCUT2D eigenvalue weighted by atomic mass is 28.4. The fourth-order valence-corrected chi connectivity index (χ4v) is 4.87. The lowest BCUT2D eigenvalue weighted by Gasteiger charge is -2.37. The van der Waals surface area contributed by atoms with Crippen molar-refractivity contribution < 1.29 is 36.7 Å². The number of azide groups is 1. The van der Waals surface area contributed by atoms with E-state index in [4.69, 9.17) is 19.4 Å². The number of hydrogen-bond donors (Lipinski definition) is 2. The van der Waals surface area contributed by atoms with E-state index in [0.717, 1.165) is 4.57 Å². The summed E-state index contributed by atoms with van der Waals surface area (Å²) in [6.45, 7) is 9.53. The molecule has 1 aliphatic rings. The molecule has 1 aromatic heterocycles. The summed E-state index contributed by atoms with van der Waals surface area (Å²) in [7, 11) is -2.21. The minimum absolute atomic E-state index is 0.0312. The summed E-state index contributed by atoms with van der Waals surface area (Å²) in [4.78, 5) is 43.8. The first kappa shape index (κ1) is 35.3. The van der Waals surface area contributed by atoms with Gasteiger partial charge in [0.25, 0.3) is 5.91 Å². The van der Waals surface area contributed by atoms with Crippen LogP contribution in [0.5, 0.6) is 0 Å². The molecule has 1 aromatic carbocycles. The monoisotopic (exact) mass is 649 g/mol. The molecule has 0 radical (unpaired) electrons. The molecule has 2 heterocycles. The van der Waals surface area contributed by atoms with Crippen molar-refractivity contribution in [2.45, 2.75) is 69.9 Å². The van der Waals surface area contributed by atoms with E-state index in [2.05, 4.69) is 66.0 Å². The number of anilines is 1. The van der Waals surface area contributed by atoms with Crippen molar-refractivity contribution in [3.63, 3.8) is 0 Å². The summed E-state index contributed by atoms with van der Waals surface area (Å²) in [5.74, 6) is 1.92. The second-order valence-electron chi connectivity index (χ2n) is 11.5. The maximum absolute atomic E-state index is 13.2. The summed E-state index contributed by atoms with van der Waals surface area (Å²) in [6.07, 6.45) is -5.96. The highest BCUT2D eigenvalue weighted by Crippen LogP contribution is 2.38. The van der Waals surface area contributed by atoms with Gasteiger partial charge in [-0.05, 0) is 35.8 Å². The third-order valence-corrected chi connectivity index (χ3v) is 11.9. The van der Waals surface area contributed by atoms with Gasteiger partial charge in [-0.3, -0.25) is 14.2 Å². The molecule has 2 N–H and O–H groups in total. The van der Waals surface area contributed by atoms with Crippen molar-refractivity contribution >= 4 is 25.9 Å². The number of carbonyl (C=O) groups is 2. The lowest BCUT2D eigenvalue weighted by Crippen LogP contribution is -2.44. The van der Waals surface area contributed by atoms with Gasteiger partial charge in [0, 0.05) is 23.1 Å². The molecule has 0 bridgehead atoms. The number of aromatic nitrogens is 2. The van der Waals surface area contributed by atoms with E-state index in [0.29, 0.717) is 0 Å². The van der Waals surface area contributed by atoms with Gasteiger partial charge in [-0.25, -0.2) is 4.79 Å². The fourth-order valence-electron chi connectivity index (χ4n) is 3.85. The molecule has 242 valence electrons. The molecule has 0 saturated carbocycles. The van der Waals surface area contributed by atoms with Crippen molar-refractivity contribution in [1.29, 1.82) is 0 Å². The van der Waals surface area contributed by atoms with Gasteiger partial charge in [-0.1, -0.05) is 55.9 Å². The standard InChI is InChI=1S/C28H34F3N7O6Si/c1-27(2,3)45(4,5)43-16-21-20(42-17-34-37-32)14-22(44-21)38-15-19(12-9-13-33-25(40)28(29,30)31)23(36-26(38)41)35-24(39)18-10-7-6-8-11-18/h6-8,10-11,15,20-22H,13-14,16-17H2,1-5H3,(H,33,40)(H,35,36,39,41)/t20?,21-,22-/m1/s1. The molecule has 3 atom stereocenters. The summed E-state index contributed by atoms with van der Waals surface area (Å²) in [5, 5.41) is 7.45. The number of halogens is 3. The Bertz CT molecular complexity index is 1540. The molecule has 2 amide bonds. The van der Waals surface area contributed by atoms with E-state index < -0.39 is 57.0 Å². The summed E-state index contributed by atoms with van der Waals surface area (Å²) < 4.78 is 57.0. The Morgan fingerprint density at radius 3 is 2.56 bits per heavy atom. The second kappa shape index (κ2) is 14.7. The lowest BCUT2D eigenvalue weighted by atomic mass is 10.2. The van der Waals surface area contributed by atoms with Gasteiger partial charge in [0.15, 0.2) is 14.1 Å². The topological polar surface area (TPSA) is 170 Å². The molecule has 0 aliphatic carbocycles. The molecule has 1 aliphatic heterocycles. The largest absolute Gasteiger partial charge is 0.471 e. The van der Waals surface area contributed by atoms with Crippen molar-refractivity contribution in [3.8, 4) is 11.8 Å². The van der Waals surface area contributed by atoms with E-state index in [1.54, 1.807) is 23.5 Å². The summed E-state index contributed by atoms with van der Waals surface area (Å²) in [6, 6.07) is 8.03. The minimum Gasteiger partial charge on any atom is -0.414 e. The molecule has 1 saturated heterocycles. The Labute approximate surface area is 258 Å². The first-order chi connectivity index (χ1) is 21.0. The lowest BCUT2D eigenvalue weighted by molar-refractivity contribution is -0.173. The number of rotatable bonds is 10. The van der Waals surface area contributed by atoms with Gasteiger partial charge in [0.05, 0.1) is 24.8 Å². The third kappa shape index (κ3) is 9.64. The quantitative estimate of drug-likeness (QED) is 0.126. The zero-order valence-corrected chi connectivity index (χ0v) is 26.3. The number of amides is 2. The summed E-state index contributed by atoms with van der Waals surface area (Å²) in [5.41, 5.74) is 8.08. The van der Waals surface area contributed by atoms with Crippen LogP contribution in [0, 0.1) is 11.8 Å². The molecular formula is C28H34F3N7O6Si. The molecule has 3 rings (SSSR count). The van der Waals surface area contributed by atoms with E-state index in [-0.39, 0.29) is 41.7 Å². The number of nitrogens with one attached hydrogen (secondary N) is 2. The number of carbonyl (C=O) groups excluding carboxylic acids is 2. The highest BCUT2D eigenvalue weighted by Gasteiger charge is 2.42. The van der Waals surface area contributed by atoms with E-state index in [9.17, 15) is 27.6 Å². The smallest absolute Gasteiger partial charge is 0.414 e. The number of ether oxygens (including phenoxy) is 2. The van der Waals surface area contributed by atoms with E-state index >= 15 is 0 Å². The summed E-state index contributed by atoms with van der Waals surface area (Å²) >= 11 is 0. The maximum atomic E-state index is 13.2. The maximum Gasteiger partial charge on any atom is 0.471 e. The van der Waals surface area contributed by atoms with E-state index in [1.165, 1.54) is 18.3 Å². The van der Waals surface area contributed by atoms with Crippen molar-refractivity contribution in [2.24, 2.45) is 5.11 Å². The Kier molecular flexibility index (Phi) is 11.5. The van der Waals surface area contributed by atoms with Crippen LogP contribution in [0.15, 0.2) is 46.4 Å². The van der Waals surface area contributed by atoms with Crippen LogP contribution in [0.3, 0.4) is 0 Å². The SMILES string of the molecule is CC(C)(C)[Si](C)(C)OC[C@H]1O[C@@H](n2cc(C#CCNC(=O)C(F)(F)F)c(NC(=O)c3ccccc3)nc2=O)CC1OCN=[N+]=[N-]. The molecule has 1 unspecified atom stereocenters. The van der Waals surface area contributed by atoms with Crippen molar-refractivity contribution in [2.75, 3.05) is 25.2 Å². The normalized spacial score (nSPS) is 18.4. The van der Waals surface area contributed by atoms with Crippen LogP contribution in [0.1, 0.15) is 49.3 Å². The van der Waals surface area contributed by atoms with Gasteiger partial charge in [-0.15, -0.1) is 0 Å². The van der Waals surface area contributed by atoms with Gasteiger partial charge < -0.3 is 24.5 Å². The Morgan fingerprint density at radius 1 is 1.24 bits per heavy atom. The minimum atomic E-state index is -5.09. The number of nitrogens with zero attached hydrogens (tertiary/aromatic N) is 5. The molecule has 1 fully saturated rings. The molecule has 45 heavy (non-hydrogen) atoms. The Balaban J connectivity index is 1.93. The van der Waals surface area contributed by atoms with Crippen molar-refractivity contribution in [3.05, 3.63) is 68.6 Å². The van der Waals surface area contributed by atoms with E-state index in [1.807, 2.05) is 0 Å². The Hall–Kier alpha value is -4.20. The second-order valence-corrected chi connectivity index (χ2v) is 16.3. The molecule has 17 heteroatoms. The number of hydrogen-bond acceptors (Lipinski definition) is 8. The van der Waals surface area contributed by atoms with Gasteiger partial charge in [0.2, 0.25) is 0 Å². The van der Waals surface area contributed by atoms with Crippen LogP contribution < -0.4 is 16.3 Å². The predicted molar refractivity (Wildman–Crippen MR) is 159 cm³/mol. The van der Waals surface area contributed by atoms with Crippen molar-refractivity contribution in [1.82, 2.24) is 14.9 Å². The van der Waals surface area contributed by atoms with Gasteiger partial charge >= 0.3 is 17.8 Å². The third-order valence-electron chi connectivity index (χ3n) is 7.35. The van der Waals surface area contributed by atoms with Crippen LogP contribution in [0.25, 0.3) is 10.4 Å². The Morgan fingerprint density at radius 2 is 1.93 bits per heavy atom. The zero-order valence-electron chi connectivity index (χ0n) is 25.3. The van der Waals surface area contributed by atoms with Crippen LogP contribution in [-0.4, -0.2) is 67.9 Å². The van der Waals surface area contributed by atoms with Gasteiger partial charge in [-0.2, -0.15) is 18.2 Å². The van der Waals surface area contributed by atoms with Crippen LogP contribution in [0.4, 0.5) is 19.0 Å². The fraction of sp³-hybridized carbons (Fsp3) is 0.500. The highest BCUT2D eigenvalue weighted by molar-refractivity contribution is 6.74. The van der Waals surface area contributed by atoms with Crippen LogP contribution in [0.2, 0.25) is 18.1 Å². The molecule has 13 nitrogen and oxygen atoms in total. The van der Waals surface area contributed by atoms with Gasteiger partial charge in [0.1, 0.15) is 19.1 Å². The average Bonchev–Trinajstić information content (AvgIpc) is 3.37. The molecule has 0 spiro atoms.